The predicted molar refractivity (Wildman–Crippen MR) is 108 cm³/mol. The van der Waals surface area contributed by atoms with Crippen LogP contribution in [-0.4, -0.2) is 79.2 Å². The summed E-state index contributed by atoms with van der Waals surface area (Å²) in [5.74, 6) is 0.0278. The van der Waals surface area contributed by atoms with Crippen molar-refractivity contribution in [3.8, 4) is 5.88 Å². The van der Waals surface area contributed by atoms with Gasteiger partial charge in [0.05, 0.1) is 24.5 Å². The van der Waals surface area contributed by atoms with Crippen LogP contribution in [0.4, 0.5) is 20.6 Å². The molecule has 2 saturated heterocycles. The summed E-state index contributed by atoms with van der Waals surface area (Å²) in [6, 6.07) is 6.25. The van der Waals surface area contributed by atoms with E-state index in [4.69, 9.17) is 20.4 Å². The molecule has 0 spiro atoms. The zero-order valence-electron chi connectivity index (χ0n) is 16.7. The molecule has 3 heterocycles. The van der Waals surface area contributed by atoms with Crippen LogP contribution in [-0.2, 0) is 4.74 Å². The molecule has 4 rings (SSSR count). The number of nitrogens with zero attached hydrogens (tertiary/aromatic N) is 5. The molecule has 3 N–H and O–H groups in total. The lowest BCUT2D eigenvalue weighted by atomic mass is 10.2. The summed E-state index contributed by atoms with van der Waals surface area (Å²) in [5, 5.41) is 15.3. The lowest BCUT2D eigenvalue weighted by molar-refractivity contribution is 0.102. The molecule has 1 amide bonds. The number of hydrogen-bond donors (Lipinski definition) is 2. The molecule has 0 saturated carbocycles. The van der Waals surface area contributed by atoms with Gasteiger partial charge in [-0.15, -0.1) is 0 Å². The Kier molecular flexibility index (Phi) is 6.07. The highest BCUT2D eigenvalue weighted by atomic mass is 19.1. The zero-order chi connectivity index (χ0) is 21.8. The largest absolute Gasteiger partial charge is 0.471 e. The predicted octanol–water partition coefficient (Wildman–Crippen LogP) is 1.09. The molecular weight excluding hydrogens is 411 g/mol. The van der Waals surface area contributed by atoms with Crippen LogP contribution in [0.2, 0.25) is 0 Å². The van der Waals surface area contributed by atoms with E-state index in [1.54, 1.807) is 18.2 Å². The minimum absolute atomic E-state index is 0.116. The number of ether oxygens (including phenoxy) is 2. The molecule has 12 heteroatoms. The van der Waals surface area contributed by atoms with Gasteiger partial charge >= 0.3 is 6.09 Å². The van der Waals surface area contributed by atoms with E-state index in [9.17, 15) is 9.18 Å². The topological polar surface area (TPSA) is 130 Å². The summed E-state index contributed by atoms with van der Waals surface area (Å²) in [7, 11) is 0. The maximum absolute atomic E-state index is 14.9. The first-order valence-electron chi connectivity index (χ1n) is 9.78. The highest BCUT2D eigenvalue weighted by molar-refractivity contribution is 5.90. The molecule has 0 radical (unpaired) electrons. The summed E-state index contributed by atoms with van der Waals surface area (Å²) in [4.78, 5) is 17.6. The van der Waals surface area contributed by atoms with E-state index in [2.05, 4.69) is 14.8 Å². The van der Waals surface area contributed by atoms with Gasteiger partial charge in [-0.2, -0.15) is 0 Å². The fraction of sp³-hybridized carbons (Fsp3) is 0.421. The van der Waals surface area contributed by atoms with E-state index in [0.29, 0.717) is 50.0 Å². The van der Waals surface area contributed by atoms with Crippen molar-refractivity contribution in [1.29, 1.82) is 0 Å². The van der Waals surface area contributed by atoms with Crippen LogP contribution in [0.3, 0.4) is 0 Å². The number of oxime groups is 1. The second-order valence-corrected chi connectivity index (χ2v) is 7.26. The monoisotopic (exact) mass is 434 g/mol. The summed E-state index contributed by atoms with van der Waals surface area (Å²) >= 11 is 0. The maximum Gasteiger partial charge on any atom is 0.414 e. The van der Waals surface area contributed by atoms with E-state index < -0.39 is 18.0 Å². The number of piperazine rings is 1. The molecule has 31 heavy (non-hydrogen) atoms. The van der Waals surface area contributed by atoms with Crippen molar-refractivity contribution >= 4 is 23.3 Å². The van der Waals surface area contributed by atoms with Gasteiger partial charge < -0.3 is 29.8 Å². The Bertz CT molecular complexity index is 932. The Morgan fingerprint density at radius 1 is 1.32 bits per heavy atom. The Hall–Kier alpha value is -3.54. The molecule has 0 bridgehead atoms. The molecule has 2 aromatic rings. The first-order chi connectivity index (χ1) is 15.0. The number of rotatable bonds is 7. The third-order valence-corrected chi connectivity index (χ3v) is 5.18. The molecule has 1 aromatic carbocycles. The van der Waals surface area contributed by atoms with Crippen LogP contribution >= 0.6 is 0 Å². The van der Waals surface area contributed by atoms with Crippen molar-refractivity contribution in [2.75, 3.05) is 55.7 Å². The Labute approximate surface area is 177 Å². The summed E-state index contributed by atoms with van der Waals surface area (Å²) in [5.41, 5.74) is 6.42. The molecule has 166 valence electrons. The minimum Gasteiger partial charge on any atom is -0.471 e. The van der Waals surface area contributed by atoms with Gasteiger partial charge in [-0.1, -0.05) is 5.16 Å². The number of cyclic esters (lactones) is 1. The number of aromatic nitrogens is 1. The van der Waals surface area contributed by atoms with Gasteiger partial charge in [-0.25, -0.2) is 9.18 Å². The quantitative estimate of drug-likeness (QED) is 0.285. The average Bonchev–Trinajstić information content (AvgIpc) is 3.42. The van der Waals surface area contributed by atoms with E-state index >= 15 is 0 Å². The highest BCUT2D eigenvalue weighted by Crippen LogP contribution is 2.28. The Morgan fingerprint density at radius 3 is 2.81 bits per heavy atom. The first-order valence-corrected chi connectivity index (χ1v) is 9.78. The van der Waals surface area contributed by atoms with Crippen molar-refractivity contribution in [2.45, 2.75) is 6.10 Å². The van der Waals surface area contributed by atoms with E-state index in [1.807, 2.05) is 9.80 Å². The number of carbonyl (C=O) groups excluding carboxylic acids is 1. The zero-order valence-corrected chi connectivity index (χ0v) is 16.7. The van der Waals surface area contributed by atoms with Crippen LogP contribution in [0, 0.1) is 5.82 Å². The Balaban J connectivity index is 1.35. The normalized spacial score (nSPS) is 20.2. The molecule has 2 aliphatic rings. The molecule has 0 unspecified atom stereocenters. The van der Waals surface area contributed by atoms with Crippen LogP contribution in [0.1, 0.15) is 0 Å². The van der Waals surface area contributed by atoms with Gasteiger partial charge in [0.15, 0.2) is 11.9 Å². The van der Waals surface area contributed by atoms with E-state index in [1.165, 1.54) is 17.2 Å². The number of amidine groups is 1. The number of halogens is 1. The third-order valence-electron chi connectivity index (χ3n) is 5.18. The summed E-state index contributed by atoms with van der Waals surface area (Å²) < 4.78 is 30.2. The van der Waals surface area contributed by atoms with Crippen LogP contribution in [0.15, 0.2) is 40.2 Å². The fourth-order valence-electron chi connectivity index (χ4n) is 3.60. The fourth-order valence-corrected chi connectivity index (χ4v) is 3.60. The summed E-state index contributed by atoms with van der Waals surface area (Å²) in [6.07, 6.45) is 0.318. The first kappa shape index (κ1) is 20.7. The standard InChI is InChI=1S/C19H23FN6O5/c20-15-9-13(26-10-14(31-19(26)27)12-29-18-3-8-30-23-18)1-2-16(15)25-6-4-24(5-7-25)11-17(21)22-28/h1-3,8-9,14,28H,4-7,10-12H2,(H2,21,22)/t14-/m1/s1. The molecule has 11 nitrogen and oxygen atoms in total. The molecule has 0 aliphatic carbocycles. The molecular formula is C19H23FN6O5. The van der Waals surface area contributed by atoms with Gasteiger partial charge in [-0.3, -0.25) is 9.80 Å². The lowest BCUT2D eigenvalue weighted by Gasteiger charge is -2.36. The van der Waals surface area contributed by atoms with E-state index in [-0.39, 0.29) is 19.0 Å². The SMILES string of the molecule is N/C(CN1CCN(c2ccc(N3C[C@H](COc4ccon4)OC3=O)cc2F)CC1)=N\O. The van der Waals surface area contributed by atoms with Gasteiger partial charge in [0.2, 0.25) is 0 Å². The minimum atomic E-state index is -0.558. The second kappa shape index (κ2) is 9.08. The number of nitrogens with two attached hydrogens (primary N) is 1. The third kappa shape index (κ3) is 4.79. The lowest BCUT2D eigenvalue weighted by Crippen LogP contribution is -2.49. The Morgan fingerprint density at radius 2 is 2.13 bits per heavy atom. The number of anilines is 2. The molecule has 2 fully saturated rings. The van der Waals surface area contributed by atoms with Gasteiger partial charge in [0.25, 0.3) is 5.88 Å². The van der Waals surface area contributed by atoms with Crippen molar-refractivity contribution in [1.82, 2.24) is 10.1 Å². The second-order valence-electron chi connectivity index (χ2n) is 7.26. The van der Waals surface area contributed by atoms with Crippen LogP contribution < -0.4 is 20.3 Å². The summed E-state index contributed by atoms with van der Waals surface area (Å²) in [6.45, 7) is 3.23. The molecule has 1 atom stereocenters. The smallest absolute Gasteiger partial charge is 0.414 e. The number of carbonyl (C=O) groups is 1. The van der Waals surface area contributed by atoms with Crippen LogP contribution in [0.5, 0.6) is 5.88 Å². The van der Waals surface area contributed by atoms with Gasteiger partial charge in [-0.05, 0) is 23.4 Å². The van der Waals surface area contributed by atoms with Gasteiger partial charge in [0.1, 0.15) is 18.7 Å². The molecule has 2 aliphatic heterocycles. The van der Waals surface area contributed by atoms with Crippen LogP contribution in [0.25, 0.3) is 0 Å². The van der Waals surface area contributed by atoms with Crippen molar-refractivity contribution in [3.63, 3.8) is 0 Å². The number of benzene rings is 1. The number of hydrogen-bond acceptors (Lipinski definition) is 9. The van der Waals surface area contributed by atoms with Crippen molar-refractivity contribution in [3.05, 3.63) is 36.3 Å². The number of amides is 1. The molecule has 1 aromatic heterocycles. The van der Waals surface area contributed by atoms with Gasteiger partial charge in [0, 0.05) is 32.2 Å². The highest BCUT2D eigenvalue weighted by Gasteiger charge is 2.33. The average molecular weight is 434 g/mol. The van der Waals surface area contributed by atoms with Crippen molar-refractivity contribution in [2.24, 2.45) is 10.9 Å². The maximum atomic E-state index is 14.9. The van der Waals surface area contributed by atoms with E-state index in [0.717, 1.165) is 0 Å². The van der Waals surface area contributed by atoms with Crippen molar-refractivity contribution < 1.29 is 28.4 Å².